The third-order valence-electron chi connectivity index (χ3n) is 5.79. The Balaban J connectivity index is 1.47. The number of rotatable bonds is 10. The van der Waals surface area contributed by atoms with E-state index in [2.05, 4.69) is 39.9 Å². The maximum atomic E-state index is 13.8. The number of carbonyl (C=O) groups excluding carboxylic acids is 1. The molecule has 4 rings (SSSR count). The van der Waals surface area contributed by atoms with Crippen molar-refractivity contribution in [2.45, 2.75) is 38.5 Å². The van der Waals surface area contributed by atoms with E-state index in [1.54, 1.807) is 22.7 Å². The van der Waals surface area contributed by atoms with Gasteiger partial charge in [0, 0.05) is 25.4 Å². The molecule has 0 saturated carbocycles. The first-order valence-electron chi connectivity index (χ1n) is 11.4. The van der Waals surface area contributed by atoms with Crippen LogP contribution in [0, 0.1) is 11.6 Å². The molecule has 2 aromatic carbocycles. The summed E-state index contributed by atoms with van der Waals surface area (Å²) in [5, 5.41) is 24.7. The summed E-state index contributed by atoms with van der Waals surface area (Å²) in [6, 6.07) is 13.8. The molecular weight excluding hydrogens is 452 g/mol. The normalized spacial score (nSPS) is 13.0. The van der Waals surface area contributed by atoms with Crippen molar-refractivity contribution < 1.29 is 18.7 Å². The zero-order chi connectivity index (χ0) is 24.8. The summed E-state index contributed by atoms with van der Waals surface area (Å²) in [6.45, 7) is 2.79. The van der Waals surface area contributed by atoms with Crippen LogP contribution >= 0.6 is 0 Å². The molecule has 0 saturated heterocycles. The van der Waals surface area contributed by atoms with E-state index in [0.29, 0.717) is 23.3 Å². The first-order valence-corrected chi connectivity index (χ1v) is 11.4. The molecule has 4 aromatic rings. The Morgan fingerprint density at radius 3 is 2.60 bits per heavy atom. The van der Waals surface area contributed by atoms with Crippen LogP contribution in [0.4, 0.5) is 8.78 Å². The molecule has 0 unspecified atom stereocenters. The number of benzene rings is 2. The van der Waals surface area contributed by atoms with Crippen LogP contribution in [0.1, 0.15) is 34.0 Å². The largest absolute Gasteiger partial charge is 0.390 e. The number of hydrogen-bond donors (Lipinski definition) is 3. The zero-order valence-corrected chi connectivity index (χ0v) is 19.3. The van der Waals surface area contributed by atoms with Gasteiger partial charge >= 0.3 is 0 Å². The highest BCUT2D eigenvalue weighted by molar-refractivity contribution is 5.94. The number of nitrogens with zero attached hydrogens (tertiary/aromatic N) is 3. The lowest BCUT2D eigenvalue weighted by molar-refractivity contribution is 0.0829. The van der Waals surface area contributed by atoms with Crippen LogP contribution in [0.25, 0.3) is 5.65 Å². The number of aliphatic hydroxyl groups excluding tert-OH is 1. The first kappa shape index (κ1) is 24.4. The Bertz CT molecular complexity index is 1290. The summed E-state index contributed by atoms with van der Waals surface area (Å²) in [7, 11) is 0. The fraction of sp³-hybridized carbons (Fsp3) is 0.269. The lowest BCUT2D eigenvalue weighted by atomic mass is 10.00. The third-order valence-corrected chi connectivity index (χ3v) is 5.79. The smallest absolute Gasteiger partial charge is 0.253 e. The van der Waals surface area contributed by atoms with Gasteiger partial charge in [-0.3, -0.25) is 9.20 Å². The highest BCUT2D eigenvalue weighted by Gasteiger charge is 2.23. The summed E-state index contributed by atoms with van der Waals surface area (Å²) in [4.78, 5) is 13.0. The summed E-state index contributed by atoms with van der Waals surface area (Å²) in [6.07, 6.45) is 3.01. The Kier molecular flexibility index (Phi) is 7.79. The molecule has 7 nitrogen and oxygen atoms in total. The van der Waals surface area contributed by atoms with Crippen molar-refractivity contribution in [1.82, 2.24) is 25.2 Å². The minimum Gasteiger partial charge on any atom is -0.390 e. The van der Waals surface area contributed by atoms with Gasteiger partial charge in [-0.15, -0.1) is 10.2 Å². The average molecular weight is 480 g/mol. The Labute approximate surface area is 201 Å². The minimum absolute atomic E-state index is 0.0451. The molecule has 0 aliphatic heterocycles. The maximum Gasteiger partial charge on any atom is 0.253 e. The van der Waals surface area contributed by atoms with Crippen molar-refractivity contribution in [3.63, 3.8) is 0 Å². The third kappa shape index (κ3) is 6.46. The summed E-state index contributed by atoms with van der Waals surface area (Å²) >= 11 is 0. The number of aryl methyl sites for hydroxylation is 1. The molecular formula is C26H27F2N5O2. The molecule has 0 aliphatic carbocycles. The second-order valence-electron chi connectivity index (χ2n) is 8.45. The maximum absolute atomic E-state index is 13.8. The van der Waals surface area contributed by atoms with Gasteiger partial charge in [-0.1, -0.05) is 31.2 Å². The van der Waals surface area contributed by atoms with Crippen molar-refractivity contribution in [2.24, 2.45) is 0 Å². The van der Waals surface area contributed by atoms with E-state index in [9.17, 15) is 18.7 Å². The molecule has 182 valence electrons. The van der Waals surface area contributed by atoms with Crippen molar-refractivity contribution in [3.05, 3.63) is 101 Å². The molecule has 2 aromatic heterocycles. The lowest BCUT2D eigenvalue weighted by Gasteiger charge is -2.25. The van der Waals surface area contributed by atoms with Gasteiger partial charge < -0.3 is 15.7 Å². The highest BCUT2D eigenvalue weighted by Crippen LogP contribution is 2.13. The molecule has 2 atom stereocenters. The Morgan fingerprint density at radius 1 is 1.06 bits per heavy atom. The van der Waals surface area contributed by atoms with Gasteiger partial charge in [0.05, 0.1) is 17.7 Å². The van der Waals surface area contributed by atoms with E-state index in [4.69, 9.17) is 0 Å². The second-order valence-corrected chi connectivity index (χ2v) is 8.45. The molecule has 2 heterocycles. The fourth-order valence-corrected chi connectivity index (χ4v) is 3.95. The second kappa shape index (κ2) is 11.2. The van der Waals surface area contributed by atoms with Gasteiger partial charge in [-0.2, -0.15) is 0 Å². The minimum atomic E-state index is -1.02. The SMILES string of the molecule is CCc1cccc(CNC[C@@H](O)[C@H](Cc2cc(F)cc(F)c2)NC(=O)c2ccc3nncn3c2)c1. The number of hydrogen-bond acceptors (Lipinski definition) is 5. The number of fused-ring (bicyclic) bond motifs is 1. The van der Waals surface area contributed by atoms with Crippen LogP contribution in [0.5, 0.6) is 0 Å². The van der Waals surface area contributed by atoms with E-state index in [-0.39, 0.29) is 13.0 Å². The molecule has 0 aliphatic rings. The summed E-state index contributed by atoms with van der Waals surface area (Å²) < 4.78 is 29.1. The summed E-state index contributed by atoms with van der Waals surface area (Å²) in [5.74, 6) is -1.87. The Hall–Kier alpha value is -3.69. The van der Waals surface area contributed by atoms with Crippen LogP contribution in [-0.2, 0) is 19.4 Å². The number of amides is 1. The van der Waals surface area contributed by atoms with Gasteiger partial charge in [0.1, 0.15) is 18.0 Å². The molecule has 0 fully saturated rings. The van der Waals surface area contributed by atoms with Gasteiger partial charge in [-0.25, -0.2) is 8.78 Å². The van der Waals surface area contributed by atoms with E-state index in [0.717, 1.165) is 18.1 Å². The standard InChI is InChI=1S/C26H27F2N5O2/c1-2-17-4-3-5-18(8-17)13-29-14-24(34)23(11-19-9-21(27)12-22(28)10-19)31-26(35)20-6-7-25-32-30-16-33(25)15-20/h3-10,12,15-16,23-24,29,34H,2,11,13-14H2,1H3,(H,31,35)/t23-,24+/m0/s1. The molecule has 9 heteroatoms. The van der Waals surface area contributed by atoms with E-state index in [1.165, 1.54) is 24.0 Å². The molecule has 3 N–H and O–H groups in total. The van der Waals surface area contributed by atoms with Crippen LogP contribution in [0.3, 0.4) is 0 Å². The average Bonchev–Trinajstić information content (AvgIpc) is 3.31. The van der Waals surface area contributed by atoms with Crippen LogP contribution in [0.2, 0.25) is 0 Å². The Morgan fingerprint density at radius 2 is 1.83 bits per heavy atom. The van der Waals surface area contributed by atoms with Crippen LogP contribution in [-0.4, -0.2) is 44.3 Å². The number of aliphatic hydroxyl groups is 1. The quantitative estimate of drug-likeness (QED) is 0.325. The van der Waals surface area contributed by atoms with Crippen molar-refractivity contribution in [3.8, 4) is 0 Å². The monoisotopic (exact) mass is 479 g/mol. The molecule has 35 heavy (non-hydrogen) atoms. The molecule has 0 bridgehead atoms. The van der Waals surface area contributed by atoms with Gasteiger partial charge in [0.15, 0.2) is 5.65 Å². The number of aromatic nitrogens is 3. The molecule has 0 radical (unpaired) electrons. The van der Waals surface area contributed by atoms with E-state index in [1.807, 2.05) is 12.1 Å². The van der Waals surface area contributed by atoms with E-state index < -0.39 is 29.7 Å². The van der Waals surface area contributed by atoms with Crippen molar-refractivity contribution >= 4 is 11.6 Å². The number of pyridine rings is 1. The highest BCUT2D eigenvalue weighted by atomic mass is 19.1. The number of halogens is 2. The number of nitrogens with one attached hydrogen (secondary N) is 2. The van der Waals surface area contributed by atoms with E-state index >= 15 is 0 Å². The molecule has 0 spiro atoms. The lowest BCUT2D eigenvalue weighted by Crippen LogP contribution is -2.48. The van der Waals surface area contributed by atoms with Crippen LogP contribution < -0.4 is 10.6 Å². The van der Waals surface area contributed by atoms with Gasteiger partial charge in [0.25, 0.3) is 5.91 Å². The molecule has 1 amide bonds. The van der Waals surface area contributed by atoms with Gasteiger partial charge in [-0.05, 0) is 53.8 Å². The summed E-state index contributed by atoms with van der Waals surface area (Å²) in [5.41, 5.74) is 3.55. The number of carbonyl (C=O) groups is 1. The predicted molar refractivity (Wildman–Crippen MR) is 128 cm³/mol. The first-order chi connectivity index (χ1) is 16.9. The van der Waals surface area contributed by atoms with Crippen LogP contribution in [0.15, 0.2) is 67.1 Å². The van der Waals surface area contributed by atoms with Crippen molar-refractivity contribution in [2.75, 3.05) is 6.54 Å². The zero-order valence-electron chi connectivity index (χ0n) is 19.3. The topological polar surface area (TPSA) is 91.5 Å². The predicted octanol–water partition coefficient (Wildman–Crippen LogP) is 3.06. The van der Waals surface area contributed by atoms with Crippen molar-refractivity contribution in [1.29, 1.82) is 0 Å². The van der Waals surface area contributed by atoms with Gasteiger partial charge in [0.2, 0.25) is 0 Å². The fourth-order valence-electron chi connectivity index (χ4n) is 3.95.